The SMILES string of the molecule is CC(C)/C=C/COCCNCCOCSSC(C)(C)CNC(C)C. The Hall–Kier alpha value is 0.280. The van der Waals surface area contributed by atoms with E-state index in [1.54, 1.807) is 10.8 Å². The zero-order valence-corrected chi connectivity index (χ0v) is 18.0. The van der Waals surface area contributed by atoms with E-state index in [0.29, 0.717) is 18.6 Å². The molecule has 0 spiro atoms. The van der Waals surface area contributed by atoms with E-state index < -0.39 is 0 Å². The molecule has 0 saturated heterocycles. The summed E-state index contributed by atoms with van der Waals surface area (Å²) in [6, 6.07) is 0.535. The summed E-state index contributed by atoms with van der Waals surface area (Å²) in [6.07, 6.45) is 4.25. The molecule has 24 heavy (non-hydrogen) atoms. The molecule has 0 aromatic heterocycles. The van der Waals surface area contributed by atoms with E-state index in [1.807, 2.05) is 10.8 Å². The van der Waals surface area contributed by atoms with Crippen LogP contribution in [0, 0.1) is 5.92 Å². The maximum atomic E-state index is 5.63. The normalized spacial score (nSPS) is 12.8. The quantitative estimate of drug-likeness (QED) is 0.184. The third-order valence-electron chi connectivity index (χ3n) is 2.93. The average Bonchev–Trinajstić information content (AvgIpc) is 2.49. The monoisotopic (exact) mass is 378 g/mol. The molecule has 144 valence electrons. The molecule has 0 atom stereocenters. The zero-order valence-electron chi connectivity index (χ0n) is 16.4. The first-order chi connectivity index (χ1) is 11.3. The van der Waals surface area contributed by atoms with E-state index in [1.165, 1.54) is 0 Å². The molecule has 0 fully saturated rings. The second-order valence-electron chi connectivity index (χ2n) is 7.02. The zero-order chi connectivity index (χ0) is 18.3. The highest BCUT2D eigenvalue weighted by molar-refractivity contribution is 8.77. The molecule has 0 amide bonds. The maximum absolute atomic E-state index is 5.63. The lowest BCUT2D eigenvalue weighted by Crippen LogP contribution is -2.35. The molecule has 0 unspecified atom stereocenters. The first kappa shape index (κ1) is 24.3. The van der Waals surface area contributed by atoms with E-state index >= 15 is 0 Å². The van der Waals surface area contributed by atoms with Crippen LogP contribution in [-0.4, -0.2) is 56.2 Å². The number of allylic oxidation sites excluding steroid dienone is 1. The van der Waals surface area contributed by atoms with Gasteiger partial charge in [-0.2, -0.15) is 0 Å². The van der Waals surface area contributed by atoms with E-state index in [-0.39, 0.29) is 4.75 Å². The van der Waals surface area contributed by atoms with Crippen LogP contribution >= 0.6 is 21.6 Å². The van der Waals surface area contributed by atoms with Crippen molar-refractivity contribution in [3.8, 4) is 0 Å². The fraction of sp³-hybridized carbons (Fsp3) is 0.889. The lowest BCUT2D eigenvalue weighted by Gasteiger charge is -2.24. The lowest BCUT2D eigenvalue weighted by atomic mass is 10.2. The first-order valence-electron chi connectivity index (χ1n) is 8.90. The highest BCUT2D eigenvalue weighted by atomic mass is 33.1. The third-order valence-corrected chi connectivity index (χ3v) is 5.91. The molecule has 0 rings (SSSR count). The van der Waals surface area contributed by atoms with Crippen LogP contribution in [0.1, 0.15) is 41.5 Å². The molecule has 2 N–H and O–H groups in total. The van der Waals surface area contributed by atoms with Gasteiger partial charge in [-0.15, -0.1) is 0 Å². The van der Waals surface area contributed by atoms with Gasteiger partial charge in [0.05, 0.1) is 19.8 Å². The minimum Gasteiger partial charge on any atom is -0.376 e. The fourth-order valence-corrected chi connectivity index (χ4v) is 3.83. The molecule has 0 radical (unpaired) electrons. The van der Waals surface area contributed by atoms with E-state index in [9.17, 15) is 0 Å². The van der Waals surface area contributed by atoms with Gasteiger partial charge in [0.1, 0.15) is 5.94 Å². The van der Waals surface area contributed by atoms with Crippen molar-refractivity contribution >= 4 is 21.6 Å². The Balaban J connectivity index is 3.30. The minimum atomic E-state index is 0.220. The van der Waals surface area contributed by atoms with Gasteiger partial charge in [0.15, 0.2) is 0 Å². The van der Waals surface area contributed by atoms with Crippen LogP contribution in [0.4, 0.5) is 0 Å². The second kappa shape index (κ2) is 15.5. The summed E-state index contributed by atoms with van der Waals surface area (Å²) < 4.78 is 11.4. The summed E-state index contributed by atoms with van der Waals surface area (Å²) in [6.45, 7) is 18.1. The molecule has 0 heterocycles. The molecule has 0 bridgehead atoms. The van der Waals surface area contributed by atoms with Gasteiger partial charge in [-0.3, -0.25) is 0 Å². The summed E-state index contributed by atoms with van der Waals surface area (Å²) >= 11 is 0. The van der Waals surface area contributed by atoms with Gasteiger partial charge in [0, 0.05) is 30.4 Å². The van der Waals surface area contributed by atoms with Crippen molar-refractivity contribution in [1.29, 1.82) is 0 Å². The molecule has 0 aromatic rings. The predicted molar refractivity (Wildman–Crippen MR) is 111 cm³/mol. The lowest BCUT2D eigenvalue weighted by molar-refractivity contribution is 0.154. The molecule has 6 heteroatoms. The Morgan fingerprint density at radius 1 is 1.04 bits per heavy atom. The predicted octanol–water partition coefficient (Wildman–Crippen LogP) is 3.94. The van der Waals surface area contributed by atoms with Gasteiger partial charge in [0.25, 0.3) is 0 Å². The highest BCUT2D eigenvalue weighted by Gasteiger charge is 2.18. The Morgan fingerprint density at radius 3 is 2.33 bits per heavy atom. The largest absolute Gasteiger partial charge is 0.376 e. The van der Waals surface area contributed by atoms with Crippen molar-refractivity contribution in [1.82, 2.24) is 10.6 Å². The van der Waals surface area contributed by atoms with Crippen LogP contribution in [0.25, 0.3) is 0 Å². The van der Waals surface area contributed by atoms with Crippen LogP contribution in [0.3, 0.4) is 0 Å². The van der Waals surface area contributed by atoms with Crippen LogP contribution in [-0.2, 0) is 9.47 Å². The maximum Gasteiger partial charge on any atom is 0.102 e. The molecule has 0 saturated carbocycles. The van der Waals surface area contributed by atoms with Crippen molar-refractivity contribution < 1.29 is 9.47 Å². The molecule has 4 nitrogen and oxygen atoms in total. The third kappa shape index (κ3) is 18.6. The number of hydrogen-bond donors (Lipinski definition) is 2. The Bertz CT molecular complexity index is 311. The molecule has 0 aliphatic heterocycles. The second-order valence-corrected chi connectivity index (χ2v) is 9.97. The molecule has 0 aliphatic carbocycles. The number of nitrogens with one attached hydrogen (secondary N) is 2. The molecular formula is C18H38N2O2S2. The van der Waals surface area contributed by atoms with Crippen molar-refractivity contribution in [2.75, 3.05) is 45.4 Å². The van der Waals surface area contributed by atoms with Gasteiger partial charge >= 0.3 is 0 Å². The minimum absolute atomic E-state index is 0.220. The van der Waals surface area contributed by atoms with Gasteiger partial charge in [-0.25, -0.2) is 0 Å². The summed E-state index contributed by atoms with van der Waals surface area (Å²) in [5.41, 5.74) is 0. The average molecular weight is 379 g/mol. The summed E-state index contributed by atoms with van der Waals surface area (Å²) in [4.78, 5) is 0. The topological polar surface area (TPSA) is 42.5 Å². The Kier molecular flexibility index (Phi) is 15.7. The first-order valence-corrected chi connectivity index (χ1v) is 11.2. The molecule has 0 aromatic carbocycles. The van der Waals surface area contributed by atoms with E-state index in [0.717, 1.165) is 38.8 Å². The van der Waals surface area contributed by atoms with Gasteiger partial charge < -0.3 is 20.1 Å². The van der Waals surface area contributed by atoms with E-state index in [2.05, 4.69) is 64.3 Å². The van der Waals surface area contributed by atoms with Crippen molar-refractivity contribution in [3.63, 3.8) is 0 Å². The van der Waals surface area contributed by atoms with Crippen molar-refractivity contribution in [2.24, 2.45) is 5.92 Å². The molecule has 0 aliphatic rings. The van der Waals surface area contributed by atoms with Crippen LogP contribution in [0.5, 0.6) is 0 Å². The van der Waals surface area contributed by atoms with E-state index in [4.69, 9.17) is 9.47 Å². The highest BCUT2D eigenvalue weighted by Crippen LogP contribution is 2.35. The van der Waals surface area contributed by atoms with Crippen molar-refractivity contribution in [2.45, 2.75) is 52.3 Å². The standard InChI is InChI=1S/C18H38N2O2S2/c1-16(2)8-7-11-21-12-9-19-10-13-22-15-23-24-18(5,6)14-20-17(3)4/h7-8,16-17,19-20H,9-15H2,1-6H3/b8-7+. The Labute approximate surface area is 157 Å². The van der Waals surface area contributed by atoms with Gasteiger partial charge in [-0.05, 0) is 19.8 Å². The molecular weight excluding hydrogens is 340 g/mol. The smallest absolute Gasteiger partial charge is 0.102 e. The van der Waals surface area contributed by atoms with Gasteiger partial charge in [-0.1, -0.05) is 61.4 Å². The fourth-order valence-electron chi connectivity index (χ4n) is 1.65. The van der Waals surface area contributed by atoms with Gasteiger partial charge in [0.2, 0.25) is 0 Å². The van der Waals surface area contributed by atoms with Crippen molar-refractivity contribution in [3.05, 3.63) is 12.2 Å². The summed E-state index contributed by atoms with van der Waals surface area (Å²) in [5.74, 6) is 1.32. The van der Waals surface area contributed by atoms with Crippen LogP contribution in [0.2, 0.25) is 0 Å². The van der Waals surface area contributed by atoms with Crippen LogP contribution < -0.4 is 10.6 Å². The van der Waals surface area contributed by atoms with Crippen LogP contribution in [0.15, 0.2) is 12.2 Å². The summed E-state index contributed by atoms with van der Waals surface area (Å²) in [5, 5.41) is 6.81. The number of hydrogen-bond acceptors (Lipinski definition) is 6. The number of ether oxygens (including phenoxy) is 2. The summed E-state index contributed by atoms with van der Waals surface area (Å²) in [7, 11) is 3.67. The number of rotatable bonds is 16. The Morgan fingerprint density at radius 2 is 1.71 bits per heavy atom.